The number of hydrogen-bond acceptors (Lipinski definition) is 5. The Labute approximate surface area is 189 Å². The third kappa shape index (κ3) is 4.41. The molecular weight excluding hydrogens is 402 g/mol. The molecule has 32 heavy (non-hydrogen) atoms. The van der Waals surface area contributed by atoms with Gasteiger partial charge in [0.15, 0.2) is 0 Å². The lowest BCUT2D eigenvalue weighted by Gasteiger charge is -2.28. The van der Waals surface area contributed by atoms with E-state index in [9.17, 15) is 9.59 Å². The molecule has 6 heteroatoms. The molecule has 1 aliphatic rings. The molecule has 2 aromatic carbocycles. The van der Waals surface area contributed by atoms with Crippen LogP contribution in [0.5, 0.6) is 0 Å². The fourth-order valence-corrected chi connectivity index (χ4v) is 4.46. The van der Waals surface area contributed by atoms with Gasteiger partial charge in [-0.1, -0.05) is 42.0 Å². The Morgan fingerprint density at radius 3 is 2.56 bits per heavy atom. The van der Waals surface area contributed by atoms with Gasteiger partial charge < -0.3 is 19.1 Å². The molecule has 1 saturated heterocycles. The number of hydrogen-bond donors (Lipinski definition) is 0. The van der Waals surface area contributed by atoms with E-state index in [1.165, 1.54) is 0 Å². The van der Waals surface area contributed by atoms with Crippen LogP contribution in [0.4, 0.5) is 5.69 Å². The summed E-state index contributed by atoms with van der Waals surface area (Å²) in [7, 11) is 2.11. The molecule has 6 nitrogen and oxygen atoms in total. The largest absolute Gasteiger partial charge is 0.462 e. The third-order valence-electron chi connectivity index (χ3n) is 6.09. The molecule has 3 aromatic rings. The van der Waals surface area contributed by atoms with E-state index in [0.29, 0.717) is 12.2 Å². The van der Waals surface area contributed by atoms with Gasteiger partial charge in [-0.15, -0.1) is 0 Å². The highest BCUT2D eigenvalue weighted by molar-refractivity contribution is 6.05. The van der Waals surface area contributed by atoms with Crippen LogP contribution in [0.15, 0.2) is 53.3 Å². The number of rotatable bonds is 5. The average molecular weight is 434 g/mol. The first kappa shape index (κ1) is 22.1. The number of pyridine rings is 1. The minimum Gasteiger partial charge on any atom is -0.462 e. The maximum Gasteiger partial charge on any atom is 0.345 e. The van der Waals surface area contributed by atoms with Gasteiger partial charge in [0.05, 0.1) is 24.4 Å². The lowest BCUT2D eigenvalue weighted by atomic mass is 10.0. The van der Waals surface area contributed by atoms with E-state index in [0.717, 1.165) is 54.6 Å². The molecule has 2 heterocycles. The van der Waals surface area contributed by atoms with E-state index in [1.54, 1.807) is 11.5 Å². The minimum atomic E-state index is -0.546. The second-order valence-electron chi connectivity index (χ2n) is 8.49. The van der Waals surface area contributed by atoms with Crippen molar-refractivity contribution in [3.05, 3.63) is 75.6 Å². The Kier molecular flexibility index (Phi) is 6.61. The summed E-state index contributed by atoms with van der Waals surface area (Å²) in [5, 5.41) is 0.924. The number of ether oxygens (including phenoxy) is 1. The van der Waals surface area contributed by atoms with Crippen LogP contribution in [0.2, 0.25) is 0 Å². The molecule has 1 fully saturated rings. The molecule has 0 amide bonds. The van der Waals surface area contributed by atoms with Crippen LogP contribution in [0.3, 0.4) is 0 Å². The highest BCUT2D eigenvalue weighted by atomic mass is 16.5. The summed E-state index contributed by atoms with van der Waals surface area (Å²) in [5.74, 6) is -0.546. The molecule has 0 spiro atoms. The molecule has 1 aromatic heterocycles. The molecule has 0 N–H and O–H groups in total. The van der Waals surface area contributed by atoms with Gasteiger partial charge in [0.25, 0.3) is 5.56 Å². The van der Waals surface area contributed by atoms with Crippen molar-refractivity contribution in [2.75, 3.05) is 44.7 Å². The van der Waals surface area contributed by atoms with Crippen molar-refractivity contribution >= 4 is 22.6 Å². The predicted molar refractivity (Wildman–Crippen MR) is 129 cm³/mol. The van der Waals surface area contributed by atoms with Gasteiger partial charge >= 0.3 is 5.97 Å². The van der Waals surface area contributed by atoms with Gasteiger partial charge in [-0.05, 0) is 51.6 Å². The maximum atomic E-state index is 13.8. The van der Waals surface area contributed by atoms with E-state index in [-0.39, 0.29) is 17.7 Å². The fourth-order valence-electron chi connectivity index (χ4n) is 4.46. The van der Waals surface area contributed by atoms with Gasteiger partial charge in [-0.2, -0.15) is 0 Å². The second kappa shape index (κ2) is 9.57. The summed E-state index contributed by atoms with van der Waals surface area (Å²) in [6.07, 6.45) is 0.971. The average Bonchev–Trinajstić information content (AvgIpc) is 3.00. The van der Waals surface area contributed by atoms with Crippen LogP contribution in [0.1, 0.15) is 34.8 Å². The predicted octanol–water partition coefficient (Wildman–Crippen LogP) is 3.68. The molecular formula is C26H31N3O3. The van der Waals surface area contributed by atoms with Crippen LogP contribution in [-0.4, -0.2) is 55.3 Å². The monoisotopic (exact) mass is 433 g/mol. The van der Waals surface area contributed by atoms with Crippen LogP contribution in [0, 0.1) is 6.92 Å². The number of fused-ring (bicyclic) bond motifs is 1. The number of carbonyl (C=O) groups is 1. The summed E-state index contributed by atoms with van der Waals surface area (Å²) in [6, 6.07) is 16.0. The summed E-state index contributed by atoms with van der Waals surface area (Å²) < 4.78 is 7.10. The molecule has 0 unspecified atom stereocenters. The van der Waals surface area contributed by atoms with Crippen molar-refractivity contribution in [1.29, 1.82) is 0 Å². The van der Waals surface area contributed by atoms with Crippen molar-refractivity contribution < 1.29 is 9.53 Å². The normalized spacial score (nSPS) is 15.0. The SMILES string of the molecule is CCOC(=O)c1c(N2CCCN(C)CC2)c2cc(C)ccc2n(Cc2ccccc2)c1=O. The Morgan fingerprint density at radius 1 is 1.03 bits per heavy atom. The summed E-state index contributed by atoms with van der Waals surface area (Å²) in [4.78, 5) is 31.5. The third-order valence-corrected chi connectivity index (χ3v) is 6.09. The number of anilines is 1. The number of nitrogens with zero attached hydrogens (tertiary/aromatic N) is 3. The van der Waals surface area contributed by atoms with E-state index in [2.05, 4.69) is 22.9 Å². The maximum absolute atomic E-state index is 13.8. The van der Waals surface area contributed by atoms with Gasteiger partial charge in [0, 0.05) is 25.0 Å². The van der Waals surface area contributed by atoms with Crippen LogP contribution in [-0.2, 0) is 11.3 Å². The molecule has 0 bridgehead atoms. The summed E-state index contributed by atoms with van der Waals surface area (Å²) in [6.45, 7) is 7.86. The fraction of sp³-hybridized carbons (Fsp3) is 0.385. The summed E-state index contributed by atoms with van der Waals surface area (Å²) >= 11 is 0. The number of aryl methyl sites for hydroxylation is 1. The Hall–Kier alpha value is -3.12. The molecule has 0 atom stereocenters. The first-order valence-corrected chi connectivity index (χ1v) is 11.3. The quantitative estimate of drug-likeness (QED) is 0.575. The molecule has 0 radical (unpaired) electrons. The number of carbonyl (C=O) groups excluding carboxylic acids is 1. The standard InChI is InChI=1S/C26H31N3O3/c1-4-32-26(31)23-24(28-14-8-13-27(3)15-16-28)21-17-19(2)11-12-22(21)29(25(23)30)18-20-9-6-5-7-10-20/h5-7,9-12,17H,4,8,13-16,18H2,1-3H3. The van der Waals surface area contributed by atoms with E-state index >= 15 is 0 Å². The van der Waals surface area contributed by atoms with Crippen molar-refractivity contribution in [2.45, 2.75) is 26.8 Å². The molecule has 4 rings (SSSR count). The molecule has 0 saturated carbocycles. The Balaban J connectivity index is 1.99. The van der Waals surface area contributed by atoms with Crippen molar-refractivity contribution in [2.24, 2.45) is 0 Å². The van der Waals surface area contributed by atoms with Crippen molar-refractivity contribution in [3.8, 4) is 0 Å². The number of aromatic nitrogens is 1. The van der Waals surface area contributed by atoms with Gasteiger partial charge in [0.2, 0.25) is 0 Å². The van der Waals surface area contributed by atoms with E-state index in [1.807, 2.05) is 49.4 Å². The van der Waals surface area contributed by atoms with Crippen LogP contribution in [0.25, 0.3) is 10.9 Å². The zero-order valence-corrected chi connectivity index (χ0v) is 19.1. The molecule has 0 aliphatic carbocycles. The Morgan fingerprint density at radius 2 is 1.81 bits per heavy atom. The summed E-state index contributed by atoms with van der Waals surface area (Å²) in [5.41, 5.74) is 3.50. The van der Waals surface area contributed by atoms with E-state index < -0.39 is 5.97 Å². The number of benzene rings is 2. The highest BCUT2D eigenvalue weighted by Gasteiger charge is 2.28. The lowest BCUT2D eigenvalue weighted by molar-refractivity contribution is 0.0524. The van der Waals surface area contributed by atoms with Gasteiger partial charge in [-0.3, -0.25) is 4.79 Å². The van der Waals surface area contributed by atoms with Crippen LogP contribution >= 0.6 is 0 Å². The number of esters is 1. The topological polar surface area (TPSA) is 54.8 Å². The zero-order valence-electron chi connectivity index (χ0n) is 19.1. The second-order valence-corrected chi connectivity index (χ2v) is 8.49. The lowest BCUT2D eigenvalue weighted by Crippen LogP contribution is -2.36. The highest BCUT2D eigenvalue weighted by Crippen LogP contribution is 2.31. The first-order valence-electron chi connectivity index (χ1n) is 11.3. The van der Waals surface area contributed by atoms with Crippen LogP contribution < -0.4 is 10.5 Å². The zero-order chi connectivity index (χ0) is 22.7. The first-order chi connectivity index (χ1) is 15.5. The van der Waals surface area contributed by atoms with Gasteiger partial charge in [0.1, 0.15) is 5.56 Å². The minimum absolute atomic E-state index is 0.144. The van der Waals surface area contributed by atoms with Crippen molar-refractivity contribution in [3.63, 3.8) is 0 Å². The van der Waals surface area contributed by atoms with Gasteiger partial charge in [-0.25, -0.2) is 4.79 Å². The molecule has 168 valence electrons. The smallest absolute Gasteiger partial charge is 0.345 e. The number of likely N-dealkylation sites (N-methyl/N-ethyl adjacent to an activating group) is 1. The molecule has 1 aliphatic heterocycles. The Bertz CT molecular complexity index is 1170. The van der Waals surface area contributed by atoms with E-state index in [4.69, 9.17) is 4.74 Å². The van der Waals surface area contributed by atoms with Crippen molar-refractivity contribution in [1.82, 2.24) is 9.47 Å².